The molecule has 0 aliphatic carbocycles. The van der Waals surface area contributed by atoms with E-state index in [1.807, 2.05) is 61.5 Å². The summed E-state index contributed by atoms with van der Waals surface area (Å²) in [5, 5.41) is 4.01. The van der Waals surface area contributed by atoms with Crippen LogP contribution in [0.4, 0.5) is 0 Å². The molecule has 130 valence electrons. The van der Waals surface area contributed by atoms with E-state index < -0.39 is 0 Å². The molecule has 0 spiro atoms. The van der Waals surface area contributed by atoms with Gasteiger partial charge in [0.25, 0.3) is 5.91 Å². The second-order valence-corrected chi connectivity index (χ2v) is 5.78. The smallest absolute Gasteiger partial charge is 0.258 e. The fourth-order valence-electron chi connectivity index (χ4n) is 2.72. The summed E-state index contributed by atoms with van der Waals surface area (Å²) in [5.41, 5.74) is 10.8. The van der Waals surface area contributed by atoms with Crippen molar-refractivity contribution >= 4 is 12.1 Å². The van der Waals surface area contributed by atoms with Crippen molar-refractivity contribution in [1.82, 2.24) is 16.3 Å². The number of carbonyl (C=O) groups excluding carboxylic acids is 1. The van der Waals surface area contributed by atoms with Gasteiger partial charge in [-0.15, -0.1) is 0 Å². The minimum absolute atomic E-state index is 0.0502. The van der Waals surface area contributed by atoms with Gasteiger partial charge in [-0.3, -0.25) is 4.79 Å². The lowest BCUT2D eigenvalue weighted by Gasteiger charge is -2.11. The Kier molecular flexibility index (Phi) is 5.77. The Labute approximate surface area is 147 Å². The quantitative estimate of drug-likeness (QED) is 0.557. The zero-order chi connectivity index (χ0) is 17.5. The molecule has 2 atom stereocenters. The van der Waals surface area contributed by atoms with Gasteiger partial charge in [0, 0.05) is 6.04 Å². The molecule has 1 heterocycles. The molecule has 2 aromatic rings. The number of carbonyl (C=O) groups is 1. The first-order chi connectivity index (χ1) is 12.3. The number of nitrogens with one attached hydrogen (secondary N) is 3. The maximum atomic E-state index is 12.2. The molecule has 0 bridgehead atoms. The maximum absolute atomic E-state index is 12.2. The highest BCUT2D eigenvalue weighted by Crippen LogP contribution is 2.25. The van der Waals surface area contributed by atoms with Gasteiger partial charge < -0.3 is 4.74 Å². The van der Waals surface area contributed by atoms with Crippen molar-refractivity contribution in [2.75, 3.05) is 6.61 Å². The summed E-state index contributed by atoms with van der Waals surface area (Å²) in [6, 6.07) is 17.2. The van der Waals surface area contributed by atoms with Crippen molar-refractivity contribution in [2.45, 2.75) is 25.4 Å². The summed E-state index contributed by atoms with van der Waals surface area (Å²) in [6.07, 6.45) is 2.27. The van der Waals surface area contributed by atoms with Gasteiger partial charge in [0.15, 0.2) is 0 Å². The minimum Gasteiger partial charge on any atom is -0.494 e. The van der Waals surface area contributed by atoms with Crippen molar-refractivity contribution in [2.24, 2.45) is 5.10 Å². The number of benzene rings is 2. The van der Waals surface area contributed by atoms with Crippen LogP contribution in [0.1, 0.15) is 30.5 Å². The first kappa shape index (κ1) is 17.1. The minimum atomic E-state index is -0.339. The number of rotatable bonds is 6. The van der Waals surface area contributed by atoms with Gasteiger partial charge in [-0.2, -0.15) is 5.10 Å². The van der Waals surface area contributed by atoms with Gasteiger partial charge in [0.05, 0.1) is 12.8 Å². The number of nitrogens with zero attached hydrogens (tertiary/aromatic N) is 1. The van der Waals surface area contributed by atoms with Gasteiger partial charge in [0.1, 0.15) is 11.8 Å². The number of hydrazine groups is 1. The van der Waals surface area contributed by atoms with Crippen LogP contribution in [0.25, 0.3) is 0 Å². The molecule has 3 rings (SSSR count). The lowest BCUT2D eigenvalue weighted by atomic mass is 10.0. The summed E-state index contributed by atoms with van der Waals surface area (Å²) >= 11 is 0. The topological polar surface area (TPSA) is 74.8 Å². The highest BCUT2D eigenvalue weighted by atomic mass is 16.5. The summed E-state index contributed by atoms with van der Waals surface area (Å²) in [6.45, 7) is 2.59. The molecular weight excluding hydrogens is 316 g/mol. The Balaban J connectivity index is 1.54. The van der Waals surface area contributed by atoms with Crippen LogP contribution in [0.5, 0.6) is 5.75 Å². The van der Waals surface area contributed by atoms with E-state index in [1.54, 1.807) is 6.21 Å². The monoisotopic (exact) mass is 338 g/mol. The van der Waals surface area contributed by atoms with Gasteiger partial charge in [-0.1, -0.05) is 42.5 Å². The van der Waals surface area contributed by atoms with E-state index >= 15 is 0 Å². The van der Waals surface area contributed by atoms with Gasteiger partial charge in [-0.25, -0.2) is 16.3 Å². The summed E-state index contributed by atoms with van der Waals surface area (Å²) in [4.78, 5) is 12.2. The van der Waals surface area contributed by atoms with E-state index in [1.165, 1.54) is 0 Å². The molecule has 1 fully saturated rings. The Morgan fingerprint density at radius 2 is 2.08 bits per heavy atom. The molecular formula is C19H22N4O2. The van der Waals surface area contributed by atoms with Crippen LogP contribution in [0.2, 0.25) is 0 Å². The molecule has 2 aromatic carbocycles. The number of amides is 1. The molecule has 6 heteroatoms. The van der Waals surface area contributed by atoms with Crippen molar-refractivity contribution in [3.05, 3.63) is 65.7 Å². The number of ether oxygens (including phenoxy) is 1. The summed E-state index contributed by atoms with van der Waals surface area (Å²) in [7, 11) is 0. The third-order valence-corrected chi connectivity index (χ3v) is 3.98. The second-order valence-electron chi connectivity index (χ2n) is 5.78. The van der Waals surface area contributed by atoms with E-state index in [0.29, 0.717) is 13.0 Å². The molecule has 0 aromatic heterocycles. The first-order valence-corrected chi connectivity index (χ1v) is 8.38. The Bertz CT molecular complexity index is 733. The van der Waals surface area contributed by atoms with Crippen molar-refractivity contribution in [3.63, 3.8) is 0 Å². The van der Waals surface area contributed by atoms with Crippen LogP contribution in [0.3, 0.4) is 0 Å². The largest absolute Gasteiger partial charge is 0.494 e. The third kappa shape index (κ3) is 4.65. The molecule has 1 saturated heterocycles. The zero-order valence-corrected chi connectivity index (χ0v) is 14.1. The molecule has 1 aliphatic heterocycles. The van der Waals surface area contributed by atoms with Gasteiger partial charge in [0.2, 0.25) is 0 Å². The lowest BCUT2D eigenvalue weighted by Crippen LogP contribution is -2.41. The normalized spacial score (nSPS) is 19.9. The average Bonchev–Trinajstić information content (AvgIpc) is 3.13. The molecule has 6 nitrogen and oxygen atoms in total. The highest BCUT2D eigenvalue weighted by Gasteiger charge is 2.30. The molecule has 0 saturated carbocycles. The van der Waals surface area contributed by atoms with Gasteiger partial charge in [-0.05, 0) is 36.6 Å². The molecule has 3 N–H and O–H groups in total. The predicted molar refractivity (Wildman–Crippen MR) is 97.2 cm³/mol. The Hall–Kier alpha value is -2.70. The van der Waals surface area contributed by atoms with E-state index in [0.717, 1.165) is 16.9 Å². The lowest BCUT2D eigenvalue weighted by molar-refractivity contribution is -0.122. The zero-order valence-electron chi connectivity index (χ0n) is 14.1. The van der Waals surface area contributed by atoms with Crippen molar-refractivity contribution in [3.8, 4) is 5.75 Å². The van der Waals surface area contributed by atoms with Crippen LogP contribution in [-0.2, 0) is 4.79 Å². The van der Waals surface area contributed by atoms with Gasteiger partial charge >= 0.3 is 0 Å². The van der Waals surface area contributed by atoms with Crippen LogP contribution in [0.15, 0.2) is 59.7 Å². The second kappa shape index (κ2) is 8.41. The first-order valence-electron chi connectivity index (χ1n) is 8.38. The Morgan fingerprint density at radius 1 is 1.24 bits per heavy atom. The summed E-state index contributed by atoms with van der Waals surface area (Å²) in [5.74, 6) is 0.672. The fraction of sp³-hybridized carbons (Fsp3) is 0.263. The molecule has 2 unspecified atom stereocenters. The molecule has 1 aliphatic rings. The van der Waals surface area contributed by atoms with Crippen LogP contribution < -0.4 is 21.0 Å². The van der Waals surface area contributed by atoms with E-state index in [4.69, 9.17) is 4.74 Å². The number of hydrogen-bond acceptors (Lipinski definition) is 5. The van der Waals surface area contributed by atoms with Crippen LogP contribution in [-0.4, -0.2) is 24.8 Å². The average molecular weight is 338 g/mol. The molecule has 0 radical (unpaired) electrons. The Morgan fingerprint density at radius 3 is 2.88 bits per heavy atom. The summed E-state index contributed by atoms with van der Waals surface area (Å²) < 4.78 is 5.53. The molecule has 1 amide bonds. The van der Waals surface area contributed by atoms with Crippen LogP contribution in [0, 0.1) is 0 Å². The standard InChI is InChI=1S/C19H22N4O2/c1-2-25-16-10-6-9-15(11-16)17-12-18(22-21-17)19(24)23-20-13-14-7-4-3-5-8-14/h3-11,13,17-18,21-22H,2,12H2,1H3,(H,23,24)/b20-13+. The van der Waals surface area contributed by atoms with Crippen LogP contribution >= 0.6 is 0 Å². The van der Waals surface area contributed by atoms with Crippen molar-refractivity contribution in [1.29, 1.82) is 0 Å². The number of hydrogen-bond donors (Lipinski definition) is 3. The number of hydrazone groups is 1. The van der Waals surface area contributed by atoms with E-state index in [-0.39, 0.29) is 18.0 Å². The van der Waals surface area contributed by atoms with E-state index in [9.17, 15) is 4.79 Å². The molecule has 25 heavy (non-hydrogen) atoms. The highest BCUT2D eigenvalue weighted by molar-refractivity contribution is 5.85. The SMILES string of the molecule is CCOc1cccc(C2CC(C(=O)N/N=C/c3ccccc3)NN2)c1. The maximum Gasteiger partial charge on any atom is 0.258 e. The van der Waals surface area contributed by atoms with E-state index in [2.05, 4.69) is 21.4 Å². The van der Waals surface area contributed by atoms with Crippen molar-refractivity contribution < 1.29 is 9.53 Å². The third-order valence-electron chi connectivity index (χ3n) is 3.98. The fourth-order valence-corrected chi connectivity index (χ4v) is 2.72. The predicted octanol–water partition coefficient (Wildman–Crippen LogP) is 2.14.